The first-order chi connectivity index (χ1) is 15.7. The molecule has 4 rings (SSSR count). The zero-order valence-electron chi connectivity index (χ0n) is 19.6. The zero-order chi connectivity index (χ0) is 23.6. The van der Waals surface area contributed by atoms with Crippen molar-refractivity contribution in [1.82, 2.24) is 9.88 Å². The summed E-state index contributed by atoms with van der Waals surface area (Å²) in [5, 5.41) is 13.1. The molecule has 2 aromatic rings. The number of thiophene rings is 1. The van der Waals surface area contributed by atoms with E-state index in [0.29, 0.717) is 16.3 Å². The molecule has 2 aromatic heterocycles. The molecule has 0 unspecified atom stereocenters. The molecule has 33 heavy (non-hydrogen) atoms. The molecule has 1 aliphatic carbocycles. The largest absolute Gasteiger partial charge is 0.477 e. The molecular formula is C25H33N3O4S. The van der Waals surface area contributed by atoms with Crippen LogP contribution in [0.15, 0.2) is 24.4 Å². The van der Waals surface area contributed by atoms with Gasteiger partial charge in [0.25, 0.3) is 5.91 Å². The summed E-state index contributed by atoms with van der Waals surface area (Å²) in [5.74, 6) is -0.339. The quantitative estimate of drug-likeness (QED) is 0.603. The Hall–Kier alpha value is -2.61. The number of anilines is 1. The molecule has 1 saturated heterocycles. The first kappa shape index (κ1) is 23.5. The fourth-order valence-corrected chi connectivity index (χ4v) is 5.47. The van der Waals surface area contributed by atoms with Crippen molar-refractivity contribution in [3.8, 4) is 5.88 Å². The van der Waals surface area contributed by atoms with Gasteiger partial charge in [-0.15, -0.1) is 11.3 Å². The summed E-state index contributed by atoms with van der Waals surface area (Å²) in [6.45, 7) is 7.92. The van der Waals surface area contributed by atoms with Crippen molar-refractivity contribution < 1.29 is 19.4 Å². The molecule has 0 spiro atoms. The van der Waals surface area contributed by atoms with Crippen molar-refractivity contribution in [2.45, 2.75) is 76.9 Å². The molecule has 3 heterocycles. The number of nitrogens with zero attached hydrogens (tertiary/aromatic N) is 2. The molecule has 0 radical (unpaired) electrons. The molecule has 2 N–H and O–H groups in total. The number of likely N-dealkylation sites (tertiary alicyclic amines) is 1. The first-order valence-corrected chi connectivity index (χ1v) is 12.6. The second kappa shape index (κ2) is 9.71. The lowest BCUT2D eigenvalue weighted by Crippen LogP contribution is -2.32. The van der Waals surface area contributed by atoms with Gasteiger partial charge in [0, 0.05) is 41.8 Å². The number of aromatic nitrogens is 1. The van der Waals surface area contributed by atoms with Crippen LogP contribution in [0.1, 0.15) is 84.2 Å². The molecule has 2 fully saturated rings. The minimum Gasteiger partial charge on any atom is -0.477 e. The Kier molecular flexibility index (Phi) is 6.93. The smallest absolute Gasteiger partial charge is 0.348 e. The molecule has 0 atom stereocenters. The number of nitrogens with one attached hydrogen (secondary N) is 1. The van der Waals surface area contributed by atoms with E-state index in [1.54, 1.807) is 18.3 Å². The number of pyridine rings is 1. The topological polar surface area (TPSA) is 91.8 Å². The van der Waals surface area contributed by atoms with E-state index >= 15 is 0 Å². The number of ether oxygens (including phenoxy) is 1. The van der Waals surface area contributed by atoms with Crippen molar-refractivity contribution in [2.24, 2.45) is 0 Å². The lowest BCUT2D eigenvalue weighted by molar-refractivity contribution is 0.0702. The molecule has 2 aliphatic rings. The van der Waals surface area contributed by atoms with Crippen LogP contribution >= 0.6 is 11.3 Å². The van der Waals surface area contributed by atoms with Gasteiger partial charge in [-0.2, -0.15) is 0 Å². The number of hydrogen-bond donors (Lipinski definition) is 2. The number of carbonyl (C=O) groups excluding carboxylic acids is 1. The zero-order valence-corrected chi connectivity index (χ0v) is 20.4. The average molecular weight is 472 g/mol. The van der Waals surface area contributed by atoms with Crippen LogP contribution in [0.5, 0.6) is 5.88 Å². The Morgan fingerprint density at radius 3 is 2.48 bits per heavy atom. The molecule has 178 valence electrons. The lowest BCUT2D eigenvalue weighted by Gasteiger charge is -2.30. The van der Waals surface area contributed by atoms with Gasteiger partial charge in [0.1, 0.15) is 11.0 Å². The highest BCUT2D eigenvalue weighted by Crippen LogP contribution is 2.37. The highest BCUT2D eigenvalue weighted by atomic mass is 32.1. The minimum absolute atomic E-state index is 0.0410. The molecule has 1 saturated carbocycles. The summed E-state index contributed by atoms with van der Waals surface area (Å²) in [4.78, 5) is 32.0. The number of hydrogen-bond acceptors (Lipinski definition) is 6. The van der Waals surface area contributed by atoms with Crippen molar-refractivity contribution in [3.05, 3.63) is 39.7 Å². The number of rotatable bonds is 6. The standard InChI is InChI=1S/C25H33N3O4S/c1-25(2,3)20-15-19(22(33-20)24(30)31)27-17-6-8-18(9-7-17)32-21-14-16(10-11-26-21)23(29)28-12-4-5-13-28/h10-11,14-15,17-18,27H,4-9,12-13H2,1-3H3,(H,30,31). The second-order valence-corrected chi connectivity index (χ2v) is 11.1. The van der Waals surface area contributed by atoms with Gasteiger partial charge in [0.15, 0.2) is 0 Å². The fourth-order valence-electron chi connectivity index (χ4n) is 4.45. The monoisotopic (exact) mass is 471 g/mol. The van der Waals surface area contributed by atoms with Gasteiger partial charge in [0.2, 0.25) is 5.88 Å². The molecular weight excluding hydrogens is 438 g/mol. The van der Waals surface area contributed by atoms with Gasteiger partial charge < -0.3 is 20.1 Å². The molecule has 8 heteroatoms. The van der Waals surface area contributed by atoms with Gasteiger partial charge in [-0.25, -0.2) is 9.78 Å². The Balaban J connectivity index is 1.34. The Morgan fingerprint density at radius 2 is 1.85 bits per heavy atom. The number of carboxylic acid groups (broad SMARTS) is 1. The van der Waals surface area contributed by atoms with Crippen molar-refractivity contribution in [1.29, 1.82) is 0 Å². The van der Waals surface area contributed by atoms with Gasteiger partial charge >= 0.3 is 5.97 Å². The summed E-state index contributed by atoms with van der Waals surface area (Å²) < 4.78 is 6.12. The van der Waals surface area contributed by atoms with Gasteiger partial charge in [0.05, 0.1) is 5.69 Å². The Labute approximate surface area is 199 Å². The maximum absolute atomic E-state index is 12.6. The maximum atomic E-state index is 12.6. The Bertz CT molecular complexity index is 999. The number of carbonyl (C=O) groups is 2. The summed E-state index contributed by atoms with van der Waals surface area (Å²) in [5.41, 5.74) is 1.26. The summed E-state index contributed by atoms with van der Waals surface area (Å²) >= 11 is 1.35. The highest BCUT2D eigenvalue weighted by Gasteiger charge is 2.27. The van der Waals surface area contributed by atoms with Crippen molar-refractivity contribution in [2.75, 3.05) is 18.4 Å². The third kappa shape index (κ3) is 5.66. The van der Waals surface area contributed by atoms with E-state index in [-0.39, 0.29) is 23.5 Å². The molecule has 0 bridgehead atoms. The summed E-state index contributed by atoms with van der Waals surface area (Å²) in [7, 11) is 0. The third-order valence-corrected chi connectivity index (χ3v) is 7.91. The van der Waals surface area contributed by atoms with Crippen molar-refractivity contribution in [3.63, 3.8) is 0 Å². The van der Waals surface area contributed by atoms with E-state index in [2.05, 4.69) is 31.1 Å². The predicted molar refractivity (Wildman–Crippen MR) is 130 cm³/mol. The van der Waals surface area contributed by atoms with E-state index in [4.69, 9.17) is 4.74 Å². The van der Waals surface area contributed by atoms with Crippen LogP contribution in [0, 0.1) is 0 Å². The second-order valence-electron chi connectivity index (χ2n) is 10.0. The SMILES string of the molecule is CC(C)(C)c1cc(NC2CCC(Oc3cc(C(=O)N4CCCC4)ccn3)CC2)c(C(=O)O)s1. The van der Waals surface area contributed by atoms with Gasteiger partial charge in [-0.3, -0.25) is 4.79 Å². The van der Waals surface area contributed by atoms with Crippen LogP contribution in [0.2, 0.25) is 0 Å². The predicted octanol–water partition coefficient (Wildman–Crippen LogP) is 5.18. The fraction of sp³-hybridized carbons (Fsp3) is 0.560. The van der Waals surface area contributed by atoms with Gasteiger partial charge in [-0.1, -0.05) is 20.8 Å². The molecule has 0 aromatic carbocycles. The lowest BCUT2D eigenvalue weighted by atomic mass is 9.92. The Morgan fingerprint density at radius 1 is 1.15 bits per heavy atom. The highest BCUT2D eigenvalue weighted by molar-refractivity contribution is 7.14. The molecule has 1 aliphatic heterocycles. The summed E-state index contributed by atoms with van der Waals surface area (Å²) in [6.07, 6.45) is 7.28. The average Bonchev–Trinajstić information content (AvgIpc) is 3.45. The number of aromatic carboxylic acids is 1. The van der Waals surface area contributed by atoms with Crippen LogP contribution in [0.3, 0.4) is 0 Å². The molecule has 7 nitrogen and oxygen atoms in total. The van der Waals surface area contributed by atoms with E-state index in [0.717, 1.165) is 62.2 Å². The summed E-state index contributed by atoms with van der Waals surface area (Å²) in [6, 6.07) is 5.70. The van der Waals surface area contributed by atoms with E-state index < -0.39 is 5.97 Å². The number of amides is 1. The van der Waals surface area contributed by atoms with Gasteiger partial charge in [-0.05, 0) is 56.1 Å². The maximum Gasteiger partial charge on any atom is 0.348 e. The third-order valence-electron chi connectivity index (χ3n) is 6.36. The number of carboxylic acids is 1. The van der Waals surface area contributed by atoms with Crippen LogP contribution in [-0.2, 0) is 5.41 Å². The van der Waals surface area contributed by atoms with E-state index in [1.165, 1.54) is 11.3 Å². The first-order valence-electron chi connectivity index (χ1n) is 11.8. The van der Waals surface area contributed by atoms with E-state index in [9.17, 15) is 14.7 Å². The van der Waals surface area contributed by atoms with E-state index in [1.807, 2.05) is 11.0 Å². The minimum atomic E-state index is -0.885. The van der Waals surface area contributed by atoms with Crippen molar-refractivity contribution >= 4 is 28.9 Å². The van der Waals surface area contributed by atoms with Crippen LogP contribution in [0.4, 0.5) is 5.69 Å². The molecule has 1 amide bonds. The van der Waals surface area contributed by atoms with Crippen LogP contribution in [0.25, 0.3) is 0 Å². The normalized spacial score (nSPS) is 21.1. The van der Waals surface area contributed by atoms with Crippen LogP contribution in [-0.4, -0.2) is 52.1 Å². The van der Waals surface area contributed by atoms with Crippen LogP contribution < -0.4 is 10.1 Å².